The van der Waals surface area contributed by atoms with Crippen molar-refractivity contribution in [2.24, 2.45) is 0 Å². The molecular weight excluding hydrogens is 128 g/mol. The van der Waals surface area contributed by atoms with Crippen LogP contribution in [0.1, 0.15) is 26.2 Å². The van der Waals surface area contributed by atoms with Crippen molar-refractivity contribution in [1.29, 1.82) is 0 Å². The van der Waals surface area contributed by atoms with Gasteiger partial charge in [-0.3, -0.25) is 0 Å². The van der Waals surface area contributed by atoms with E-state index in [9.17, 15) is 0 Å². The molecule has 0 fully saturated rings. The fourth-order valence-electron chi connectivity index (χ4n) is 0.807. The largest absolute Gasteiger partial charge is 0.233 e. The van der Waals surface area contributed by atoms with Gasteiger partial charge in [-0.1, -0.05) is 19.8 Å². The summed E-state index contributed by atoms with van der Waals surface area (Å²) in [7, 11) is 0. The van der Waals surface area contributed by atoms with Crippen molar-refractivity contribution in [2.45, 2.75) is 32.7 Å². The number of aryl methyl sites for hydroxylation is 1. The van der Waals surface area contributed by atoms with Gasteiger partial charge in [0.05, 0.1) is 0 Å². The van der Waals surface area contributed by atoms with E-state index in [1.807, 2.05) is 0 Å². The Morgan fingerprint density at radius 3 is 2.90 bits per heavy atom. The van der Waals surface area contributed by atoms with E-state index in [2.05, 4.69) is 22.4 Å². The van der Waals surface area contributed by atoms with Crippen molar-refractivity contribution in [1.82, 2.24) is 20.2 Å². The highest BCUT2D eigenvalue weighted by atomic mass is 15.5. The van der Waals surface area contributed by atoms with Gasteiger partial charge in [0.2, 0.25) is 0 Å². The minimum Gasteiger partial charge on any atom is -0.233 e. The predicted molar refractivity (Wildman–Crippen MR) is 37.3 cm³/mol. The monoisotopic (exact) mass is 140 g/mol. The molecule has 4 nitrogen and oxygen atoms in total. The van der Waals surface area contributed by atoms with Crippen LogP contribution in [0.15, 0.2) is 6.33 Å². The molecule has 0 saturated carbocycles. The molecule has 1 rings (SSSR count). The zero-order chi connectivity index (χ0) is 7.23. The minimum absolute atomic E-state index is 0.945. The van der Waals surface area contributed by atoms with Gasteiger partial charge in [0.15, 0.2) is 0 Å². The molecule has 10 heavy (non-hydrogen) atoms. The topological polar surface area (TPSA) is 43.6 Å². The number of hydrogen-bond acceptors (Lipinski definition) is 3. The van der Waals surface area contributed by atoms with Crippen LogP contribution in [0.3, 0.4) is 0 Å². The Balaban J connectivity index is 2.15. The van der Waals surface area contributed by atoms with E-state index in [0.717, 1.165) is 6.54 Å². The highest BCUT2D eigenvalue weighted by Gasteiger charge is 1.89. The van der Waals surface area contributed by atoms with Gasteiger partial charge >= 0.3 is 0 Å². The van der Waals surface area contributed by atoms with Gasteiger partial charge in [-0.2, -0.15) is 0 Å². The maximum Gasteiger partial charge on any atom is 0.138 e. The summed E-state index contributed by atoms with van der Waals surface area (Å²) in [6.07, 6.45) is 5.30. The number of rotatable bonds is 4. The van der Waals surface area contributed by atoms with Crippen LogP contribution in [0.4, 0.5) is 0 Å². The Morgan fingerprint density at radius 1 is 1.40 bits per heavy atom. The molecule has 0 amide bonds. The maximum absolute atomic E-state index is 3.74. The summed E-state index contributed by atoms with van der Waals surface area (Å²) in [5.74, 6) is 0. The Morgan fingerprint density at radius 2 is 2.30 bits per heavy atom. The van der Waals surface area contributed by atoms with E-state index < -0.39 is 0 Å². The fourth-order valence-corrected chi connectivity index (χ4v) is 0.807. The highest BCUT2D eigenvalue weighted by molar-refractivity contribution is 4.46. The van der Waals surface area contributed by atoms with Crippen molar-refractivity contribution < 1.29 is 0 Å². The number of aromatic nitrogens is 4. The molecule has 1 aromatic rings. The zero-order valence-corrected chi connectivity index (χ0v) is 6.19. The third kappa shape index (κ3) is 2.13. The van der Waals surface area contributed by atoms with Crippen molar-refractivity contribution >= 4 is 0 Å². The molecule has 1 heterocycles. The SMILES string of the molecule is CCCCCn1cnnn1. The molecule has 0 aliphatic rings. The van der Waals surface area contributed by atoms with Gasteiger partial charge < -0.3 is 0 Å². The lowest BCUT2D eigenvalue weighted by molar-refractivity contribution is 0.537. The third-order valence-corrected chi connectivity index (χ3v) is 1.38. The molecule has 0 aliphatic carbocycles. The van der Waals surface area contributed by atoms with Gasteiger partial charge in [0.1, 0.15) is 6.33 Å². The second-order valence-electron chi connectivity index (χ2n) is 2.28. The van der Waals surface area contributed by atoms with Crippen LogP contribution in [-0.2, 0) is 6.54 Å². The van der Waals surface area contributed by atoms with Crippen LogP contribution < -0.4 is 0 Å². The Labute approximate surface area is 60.2 Å². The number of nitrogens with zero attached hydrogens (tertiary/aromatic N) is 4. The molecule has 0 radical (unpaired) electrons. The predicted octanol–water partition coefficient (Wildman–Crippen LogP) is 0.863. The van der Waals surface area contributed by atoms with Gasteiger partial charge in [-0.15, -0.1) is 5.10 Å². The molecule has 56 valence electrons. The van der Waals surface area contributed by atoms with Gasteiger partial charge in [0.25, 0.3) is 0 Å². The molecule has 0 atom stereocenters. The minimum atomic E-state index is 0.945. The number of tetrazole rings is 1. The van der Waals surface area contributed by atoms with E-state index in [4.69, 9.17) is 0 Å². The summed E-state index contributed by atoms with van der Waals surface area (Å²) in [6.45, 7) is 3.13. The summed E-state index contributed by atoms with van der Waals surface area (Å²) in [4.78, 5) is 0. The average molecular weight is 140 g/mol. The molecule has 0 saturated heterocycles. The molecule has 0 unspecified atom stereocenters. The van der Waals surface area contributed by atoms with E-state index >= 15 is 0 Å². The molecular formula is C6H12N4. The van der Waals surface area contributed by atoms with Crippen LogP contribution in [0, 0.1) is 0 Å². The van der Waals surface area contributed by atoms with Gasteiger partial charge in [-0.05, 0) is 16.8 Å². The summed E-state index contributed by atoms with van der Waals surface area (Å²) in [5.41, 5.74) is 0. The Bertz CT molecular complexity index is 158. The lowest BCUT2D eigenvalue weighted by atomic mass is 10.2. The normalized spacial score (nSPS) is 10.1. The smallest absolute Gasteiger partial charge is 0.138 e. The summed E-state index contributed by atoms with van der Waals surface area (Å²) >= 11 is 0. The first-order valence-electron chi connectivity index (χ1n) is 3.64. The zero-order valence-electron chi connectivity index (χ0n) is 6.19. The van der Waals surface area contributed by atoms with Gasteiger partial charge in [0, 0.05) is 6.54 Å². The third-order valence-electron chi connectivity index (χ3n) is 1.38. The second-order valence-corrected chi connectivity index (χ2v) is 2.28. The first kappa shape index (κ1) is 7.18. The quantitative estimate of drug-likeness (QED) is 0.583. The molecule has 0 aromatic carbocycles. The Kier molecular flexibility index (Phi) is 2.86. The summed E-state index contributed by atoms with van der Waals surface area (Å²) < 4.78 is 1.76. The lowest BCUT2D eigenvalue weighted by Crippen LogP contribution is -1.98. The lowest BCUT2D eigenvalue weighted by Gasteiger charge is -1.95. The molecule has 1 aromatic heterocycles. The van der Waals surface area contributed by atoms with Crippen LogP contribution in [0.25, 0.3) is 0 Å². The molecule has 0 spiro atoms. The summed E-state index contributed by atoms with van der Waals surface area (Å²) in [6, 6.07) is 0. The van der Waals surface area contributed by atoms with Crippen molar-refractivity contribution in [3.05, 3.63) is 6.33 Å². The molecule has 4 heteroatoms. The first-order chi connectivity index (χ1) is 4.93. The number of unbranched alkanes of at least 4 members (excludes halogenated alkanes) is 2. The maximum atomic E-state index is 3.74. The van der Waals surface area contributed by atoms with Crippen LogP contribution in [0.5, 0.6) is 0 Å². The molecule has 0 N–H and O–H groups in total. The van der Waals surface area contributed by atoms with E-state index in [0.29, 0.717) is 0 Å². The fraction of sp³-hybridized carbons (Fsp3) is 0.833. The van der Waals surface area contributed by atoms with Crippen molar-refractivity contribution in [3.63, 3.8) is 0 Å². The first-order valence-corrected chi connectivity index (χ1v) is 3.64. The van der Waals surface area contributed by atoms with Crippen molar-refractivity contribution in [3.8, 4) is 0 Å². The van der Waals surface area contributed by atoms with Crippen LogP contribution in [0.2, 0.25) is 0 Å². The molecule has 0 bridgehead atoms. The molecule has 0 aliphatic heterocycles. The average Bonchev–Trinajstić information content (AvgIpc) is 2.41. The second kappa shape index (κ2) is 3.98. The Hall–Kier alpha value is -0.930. The van der Waals surface area contributed by atoms with E-state index in [1.54, 1.807) is 11.0 Å². The van der Waals surface area contributed by atoms with E-state index in [1.165, 1.54) is 19.3 Å². The number of hydrogen-bond donors (Lipinski definition) is 0. The summed E-state index contributed by atoms with van der Waals surface area (Å²) in [5, 5.41) is 10.8. The van der Waals surface area contributed by atoms with E-state index in [-0.39, 0.29) is 0 Å². The highest BCUT2D eigenvalue weighted by Crippen LogP contribution is 1.94. The van der Waals surface area contributed by atoms with Crippen LogP contribution in [-0.4, -0.2) is 20.2 Å². The van der Waals surface area contributed by atoms with Crippen molar-refractivity contribution in [2.75, 3.05) is 0 Å². The van der Waals surface area contributed by atoms with Gasteiger partial charge in [-0.25, -0.2) is 4.68 Å². The standard InChI is InChI=1S/C6H12N4/c1-2-3-4-5-10-6-7-8-9-10/h6H,2-5H2,1H3. The van der Waals surface area contributed by atoms with Crippen LogP contribution >= 0.6 is 0 Å².